The molecular formula is C20H22Cl2N2O2. The van der Waals surface area contributed by atoms with Gasteiger partial charge < -0.3 is 14.8 Å². The maximum absolute atomic E-state index is 6.11. The Balaban J connectivity index is 1.26. The van der Waals surface area contributed by atoms with E-state index < -0.39 is 0 Å². The van der Waals surface area contributed by atoms with E-state index >= 15 is 0 Å². The lowest BCUT2D eigenvalue weighted by atomic mass is 10.0. The highest BCUT2D eigenvalue weighted by atomic mass is 35.5. The Bertz CT molecular complexity index is 776. The molecule has 2 aromatic carbocycles. The molecule has 4 nitrogen and oxygen atoms in total. The van der Waals surface area contributed by atoms with Crippen molar-refractivity contribution in [2.45, 2.75) is 32.0 Å². The number of piperidine rings is 1. The van der Waals surface area contributed by atoms with Crippen LogP contribution in [0.3, 0.4) is 0 Å². The number of benzene rings is 2. The van der Waals surface area contributed by atoms with Crippen LogP contribution in [0.2, 0.25) is 10.0 Å². The molecule has 2 aliphatic rings. The number of rotatable bonds is 5. The van der Waals surface area contributed by atoms with Gasteiger partial charge in [-0.05, 0) is 49.7 Å². The van der Waals surface area contributed by atoms with Crippen LogP contribution in [0.4, 0.5) is 0 Å². The maximum Gasteiger partial charge on any atom is 0.231 e. The molecule has 0 spiro atoms. The molecule has 2 aliphatic heterocycles. The van der Waals surface area contributed by atoms with E-state index in [9.17, 15) is 0 Å². The van der Waals surface area contributed by atoms with Gasteiger partial charge in [0.2, 0.25) is 6.79 Å². The van der Waals surface area contributed by atoms with Crippen LogP contribution in [0.25, 0.3) is 0 Å². The second-order valence-electron chi connectivity index (χ2n) is 6.83. The third kappa shape index (κ3) is 4.09. The average molecular weight is 393 g/mol. The minimum atomic E-state index is 0.319. The number of likely N-dealkylation sites (tertiary alicyclic amines) is 1. The number of nitrogens with one attached hydrogen (secondary N) is 1. The highest BCUT2D eigenvalue weighted by Crippen LogP contribution is 2.35. The Hall–Kier alpha value is -1.46. The fourth-order valence-electron chi connectivity index (χ4n) is 3.58. The topological polar surface area (TPSA) is 33.7 Å². The summed E-state index contributed by atoms with van der Waals surface area (Å²) in [7, 11) is 0. The molecule has 0 unspecified atom stereocenters. The van der Waals surface area contributed by atoms with Gasteiger partial charge in [0.1, 0.15) is 0 Å². The lowest BCUT2D eigenvalue weighted by Gasteiger charge is -2.32. The predicted octanol–water partition coefficient (Wildman–Crippen LogP) is 4.48. The molecule has 1 saturated heterocycles. The first-order valence-electron chi connectivity index (χ1n) is 8.96. The molecule has 0 bridgehead atoms. The third-order valence-corrected chi connectivity index (χ3v) is 5.78. The molecule has 0 aliphatic carbocycles. The Labute approximate surface area is 164 Å². The predicted molar refractivity (Wildman–Crippen MR) is 104 cm³/mol. The van der Waals surface area contributed by atoms with E-state index in [0.29, 0.717) is 22.9 Å². The van der Waals surface area contributed by atoms with Crippen LogP contribution in [0.5, 0.6) is 11.5 Å². The first kappa shape index (κ1) is 17.9. The zero-order chi connectivity index (χ0) is 17.9. The van der Waals surface area contributed by atoms with Crippen molar-refractivity contribution in [2.75, 3.05) is 19.9 Å². The summed E-state index contributed by atoms with van der Waals surface area (Å²) in [5.41, 5.74) is 2.38. The quantitative estimate of drug-likeness (QED) is 0.813. The van der Waals surface area contributed by atoms with Crippen molar-refractivity contribution in [2.24, 2.45) is 0 Å². The van der Waals surface area contributed by atoms with E-state index in [1.165, 1.54) is 11.1 Å². The SMILES string of the molecule is Clc1ccc(CN2CCC(NCc3cccc4c3OCO4)CC2)cc1Cl. The molecule has 4 rings (SSSR count). The Morgan fingerprint density at radius 1 is 1.04 bits per heavy atom. The van der Waals surface area contributed by atoms with Crippen molar-refractivity contribution in [1.29, 1.82) is 0 Å². The second-order valence-corrected chi connectivity index (χ2v) is 7.65. The van der Waals surface area contributed by atoms with Gasteiger partial charge in [-0.2, -0.15) is 0 Å². The Morgan fingerprint density at radius 2 is 1.88 bits per heavy atom. The van der Waals surface area contributed by atoms with Gasteiger partial charge in [-0.25, -0.2) is 0 Å². The smallest absolute Gasteiger partial charge is 0.231 e. The van der Waals surface area contributed by atoms with Crippen LogP contribution < -0.4 is 14.8 Å². The zero-order valence-electron chi connectivity index (χ0n) is 14.5. The van der Waals surface area contributed by atoms with Crippen LogP contribution in [0.15, 0.2) is 36.4 Å². The Kier molecular flexibility index (Phi) is 5.55. The summed E-state index contributed by atoms with van der Waals surface area (Å²) in [5, 5.41) is 4.91. The fourth-order valence-corrected chi connectivity index (χ4v) is 3.90. The largest absolute Gasteiger partial charge is 0.454 e. The molecule has 2 aromatic rings. The number of hydrogen-bond donors (Lipinski definition) is 1. The lowest BCUT2D eigenvalue weighted by molar-refractivity contribution is 0.172. The number of hydrogen-bond acceptors (Lipinski definition) is 4. The van der Waals surface area contributed by atoms with Crippen LogP contribution >= 0.6 is 23.2 Å². The van der Waals surface area contributed by atoms with E-state index in [0.717, 1.165) is 50.5 Å². The molecule has 2 heterocycles. The van der Waals surface area contributed by atoms with E-state index in [4.69, 9.17) is 32.7 Å². The van der Waals surface area contributed by atoms with Gasteiger partial charge in [0, 0.05) is 24.7 Å². The average Bonchev–Trinajstić information content (AvgIpc) is 3.14. The number of ether oxygens (including phenoxy) is 2. The summed E-state index contributed by atoms with van der Waals surface area (Å²) in [6.45, 7) is 4.19. The standard InChI is InChI=1S/C20H22Cl2N2O2/c21-17-5-4-14(10-18(17)22)12-24-8-6-16(7-9-24)23-11-15-2-1-3-19-20(15)26-13-25-19/h1-5,10,16,23H,6-9,11-13H2. The van der Waals surface area contributed by atoms with Gasteiger partial charge in [0.25, 0.3) is 0 Å². The summed E-state index contributed by atoms with van der Waals surface area (Å²) < 4.78 is 11.0. The molecule has 1 N–H and O–H groups in total. The molecular weight excluding hydrogens is 371 g/mol. The number of para-hydroxylation sites is 1. The zero-order valence-corrected chi connectivity index (χ0v) is 16.0. The van der Waals surface area contributed by atoms with Crippen molar-refractivity contribution in [3.63, 3.8) is 0 Å². The van der Waals surface area contributed by atoms with Gasteiger partial charge in [-0.1, -0.05) is 41.4 Å². The van der Waals surface area contributed by atoms with Crippen LogP contribution in [0, 0.1) is 0 Å². The molecule has 138 valence electrons. The van der Waals surface area contributed by atoms with Crippen molar-refractivity contribution in [3.8, 4) is 11.5 Å². The van der Waals surface area contributed by atoms with Crippen LogP contribution in [-0.2, 0) is 13.1 Å². The first-order valence-corrected chi connectivity index (χ1v) is 9.72. The number of fused-ring (bicyclic) bond motifs is 1. The van der Waals surface area contributed by atoms with Gasteiger partial charge in [-0.15, -0.1) is 0 Å². The summed E-state index contributed by atoms with van der Waals surface area (Å²) >= 11 is 12.1. The second kappa shape index (κ2) is 8.05. The number of nitrogens with zero attached hydrogens (tertiary/aromatic N) is 1. The first-order chi connectivity index (χ1) is 12.7. The van der Waals surface area contributed by atoms with Gasteiger partial charge >= 0.3 is 0 Å². The van der Waals surface area contributed by atoms with E-state index in [1.54, 1.807) is 0 Å². The Morgan fingerprint density at radius 3 is 2.69 bits per heavy atom. The highest BCUT2D eigenvalue weighted by Gasteiger charge is 2.21. The van der Waals surface area contributed by atoms with Crippen molar-refractivity contribution in [3.05, 3.63) is 57.6 Å². The van der Waals surface area contributed by atoms with Crippen molar-refractivity contribution < 1.29 is 9.47 Å². The molecule has 26 heavy (non-hydrogen) atoms. The van der Waals surface area contributed by atoms with E-state index in [-0.39, 0.29) is 0 Å². The van der Waals surface area contributed by atoms with E-state index in [1.807, 2.05) is 24.3 Å². The van der Waals surface area contributed by atoms with Crippen LogP contribution in [-0.4, -0.2) is 30.8 Å². The fraction of sp³-hybridized carbons (Fsp3) is 0.400. The highest BCUT2D eigenvalue weighted by molar-refractivity contribution is 6.42. The molecule has 0 atom stereocenters. The van der Waals surface area contributed by atoms with Crippen molar-refractivity contribution in [1.82, 2.24) is 10.2 Å². The maximum atomic E-state index is 6.11. The summed E-state index contributed by atoms with van der Waals surface area (Å²) in [6.07, 6.45) is 2.27. The summed E-state index contributed by atoms with van der Waals surface area (Å²) in [4.78, 5) is 2.47. The third-order valence-electron chi connectivity index (χ3n) is 5.04. The molecule has 0 saturated carbocycles. The minimum absolute atomic E-state index is 0.319. The summed E-state index contributed by atoms with van der Waals surface area (Å²) in [5.74, 6) is 1.73. The molecule has 1 fully saturated rings. The van der Waals surface area contributed by atoms with Gasteiger partial charge in [-0.3, -0.25) is 4.90 Å². The van der Waals surface area contributed by atoms with Crippen LogP contribution in [0.1, 0.15) is 24.0 Å². The van der Waals surface area contributed by atoms with Crippen molar-refractivity contribution >= 4 is 23.2 Å². The molecule has 0 radical (unpaired) electrons. The van der Waals surface area contributed by atoms with E-state index in [2.05, 4.69) is 22.3 Å². The summed E-state index contributed by atoms with van der Waals surface area (Å²) in [6, 6.07) is 12.5. The van der Waals surface area contributed by atoms with Gasteiger partial charge in [0.05, 0.1) is 10.0 Å². The molecule has 6 heteroatoms. The minimum Gasteiger partial charge on any atom is -0.454 e. The normalized spacial score (nSPS) is 17.6. The molecule has 0 amide bonds. The molecule has 0 aromatic heterocycles. The monoisotopic (exact) mass is 392 g/mol. The van der Waals surface area contributed by atoms with Gasteiger partial charge in [0.15, 0.2) is 11.5 Å². The lowest BCUT2D eigenvalue weighted by Crippen LogP contribution is -2.41. The number of halogens is 2.